The summed E-state index contributed by atoms with van der Waals surface area (Å²) in [7, 11) is 1.50. The monoisotopic (exact) mass is 314 g/mol. The van der Waals surface area contributed by atoms with E-state index in [1.807, 2.05) is 18.2 Å². The lowest BCUT2D eigenvalue weighted by Crippen LogP contribution is -2.42. The fourth-order valence-corrected chi connectivity index (χ4v) is 2.73. The predicted molar refractivity (Wildman–Crippen MR) is 82.7 cm³/mol. The molecule has 0 saturated heterocycles. The molecule has 7 nitrogen and oxygen atoms in total. The molecule has 23 heavy (non-hydrogen) atoms. The largest absolute Gasteiger partial charge is 0.393 e. The Labute approximate surface area is 133 Å². The van der Waals surface area contributed by atoms with Crippen molar-refractivity contribution in [3.63, 3.8) is 0 Å². The molecule has 1 aliphatic carbocycles. The third kappa shape index (κ3) is 3.29. The second-order valence-corrected chi connectivity index (χ2v) is 5.77. The Morgan fingerprint density at radius 1 is 1.35 bits per heavy atom. The Kier molecular flexibility index (Phi) is 4.20. The van der Waals surface area contributed by atoms with Crippen LogP contribution in [0, 0.1) is 5.92 Å². The number of amides is 1. The van der Waals surface area contributed by atoms with Crippen molar-refractivity contribution in [3.05, 3.63) is 58.3 Å². The lowest BCUT2D eigenvalue weighted by molar-refractivity contribution is 0.0227. The van der Waals surface area contributed by atoms with Crippen LogP contribution in [-0.4, -0.2) is 31.9 Å². The van der Waals surface area contributed by atoms with Crippen molar-refractivity contribution < 1.29 is 9.90 Å². The Bertz CT molecular complexity index is 753. The Balaban J connectivity index is 1.82. The molecular formula is C16H18N4O3. The molecule has 1 saturated carbocycles. The van der Waals surface area contributed by atoms with Crippen molar-refractivity contribution in [1.82, 2.24) is 20.1 Å². The summed E-state index contributed by atoms with van der Waals surface area (Å²) in [4.78, 5) is 28.1. The van der Waals surface area contributed by atoms with Crippen molar-refractivity contribution in [2.75, 3.05) is 0 Å². The first-order valence-corrected chi connectivity index (χ1v) is 7.49. The van der Waals surface area contributed by atoms with Gasteiger partial charge in [-0.25, -0.2) is 4.68 Å². The van der Waals surface area contributed by atoms with Gasteiger partial charge in [0.2, 0.25) is 0 Å². The van der Waals surface area contributed by atoms with Gasteiger partial charge in [-0.3, -0.25) is 14.6 Å². The molecule has 2 N–H and O–H groups in total. The molecule has 0 spiro atoms. The van der Waals surface area contributed by atoms with Crippen LogP contribution < -0.4 is 10.9 Å². The fourth-order valence-electron chi connectivity index (χ4n) is 2.73. The normalized spacial score (nSPS) is 21.3. The van der Waals surface area contributed by atoms with Gasteiger partial charge in [-0.15, -0.1) is 0 Å². The minimum atomic E-state index is -0.363. The second kappa shape index (κ2) is 6.29. The van der Waals surface area contributed by atoms with Gasteiger partial charge in [0.1, 0.15) is 5.69 Å². The molecule has 3 rings (SSSR count). The Morgan fingerprint density at radius 3 is 2.74 bits per heavy atom. The van der Waals surface area contributed by atoms with Crippen LogP contribution in [0.2, 0.25) is 0 Å². The molecule has 7 heteroatoms. The molecular weight excluding hydrogens is 296 g/mol. The number of aromatic nitrogens is 3. The fraction of sp³-hybridized carbons (Fsp3) is 0.375. The van der Waals surface area contributed by atoms with E-state index in [9.17, 15) is 14.7 Å². The van der Waals surface area contributed by atoms with Crippen molar-refractivity contribution in [1.29, 1.82) is 0 Å². The summed E-state index contributed by atoms with van der Waals surface area (Å²) >= 11 is 0. The zero-order valence-electron chi connectivity index (χ0n) is 12.7. The van der Waals surface area contributed by atoms with E-state index >= 15 is 0 Å². The predicted octanol–water partition coefficient (Wildman–Crippen LogP) is 0.417. The summed E-state index contributed by atoms with van der Waals surface area (Å²) in [5.74, 6) is -0.228. The van der Waals surface area contributed by atoms with Crippen LogP contribution in [0.4, 0.5) is 0 Å². The molecule has 0 aromatic carbocycles. The lowest BCUT2D eigenvalue weighted by Gasteiger charge is -2.37. The number of carbonyl (C=O) groups is 1. The number of nitrogens with one attached hydrogen (secondary N) is 1. The molecule has 2 heterocycles. The summed E-state index contributed by atoms with van der Waals surface area (Å²) in [6, 6.07) is 7.96. The highest BCUT2D eigenvalue weighted by molar-refractivity contribution is 5.92. The Hall–Kier alpha value is -2.54. The van der Waals surface area contributed by atoms with Crippen LogP contribution in [0.25, 0.3) is 0 Å². The zero-order chi connectivity index (χ0) is 16.4. The summed E-state index contributed by atoms with van der Waals surface area (Å²) in [5, 5.41) is 16.4. The summed E-state index contributed by atoms with van der Waals surface area (Å²) in [6.07, 6.45) is 2.61. The van der Waals surface area contributed by atoms with Gasteiger partial charge in [0.15, 0.2) is 0 Å². The SMILES string of the molecule is Cn1nc(C(=O)NC(c2ccccn2)C2CC(O)C2)ccc1=O. The number of carbonyl (C=O) groups excluding carboxylic acids is 1. The number of rotatable bonds is 4. The maximum Gasteiger partial charge on any atom is 0.272 e. The van der Waals surface area contributed by atoms with E-state index in [1.165, 1.54) is 19.2 Å². The van der Waals surface area contributed by atoms with Gasteiger partial charge in [-0.1, -0.05) is 6.07 Å². The molecule has 120 valence electrons. The van der Waals surface area contributed by atoms with E-state index in [1.54, 1.807) is 6.20 Å². The third-order valence-corrected chi connectivity index (χ3v) is 4.11. The maximum absolute atomic E-state index is 12.4. The number of aliphatic hydroxyl groups excluding tert-OH is 1. The molecule has 1 fully saturated rings. The number of nitrogens with zero attached hydrogens (tertiary/aromatic N) is 3. The van der Waals surface area contributed by atoms with Gasteiger partial charge in [0, 0.05) is 19.3 Å². The zero-order valence-corrected chi connectivity index (χ0v) is 12.7. The summed E-state index contributed by atoms with van der Waals surface area (Å²) in [6.45, 7) is 0. The van der Waals surface area contributed by atoms with Crippen molar-refractivity contribution in [3.8, 4) is 0 Å². The van der Waals surface area contributed by atoms with Gasteiger partial charge < -0.3 is 10.4 Å². The van der Waals surface area contributed by atoms with E-state index in [0.29, 0.717) is 12.8 Å². The molecule has 1 unspecified atom stereocenters. The topological polar surface area (TPSA) is 97.1 Å². The Morgan fingerprint density at radius 2 is 2.13 bits per heavy atom. The number of hydrogen-bond acceptors (Lipinski definition) is 5. The van der Waals surface area contributed by atoms with E-state index in [2.05, 4.69) is 15.4 Å². The van der Waals surface area contributed by atoms with Crippen molar-refractivity contribution in [2.24, 2.45) is 13.0 Å². The van der Waals surface area contributed by atoms with Crippen LogP contribution in [0.3, 0.4) is 0 Å². The average Bonchev–Trinajstić information content (AvgIpc) is 2.53. The molecule has 2 aromatic rings. The molecule has 0 aliphatic heterocycles. The van der Waals surface area contributed by atoms with Crippen LogP contribution in [-0.2, 0) is 7.05 Å². The van der Waals surface area contributed by atoms with Crippen LogP contribution >= 0.6 is 0 Å². The lowest BCUT2D eigenvalue weighted by atomic mass is 9.76. The highest BCUT2D eigenvalue weighted by Crippen LogP contribution is 2.37. The highest BCUT2D eigenvalue weighted by atomic mass is 16.3. The van der Waals surface area contributed by atoms with Crippen molar-refractivity contribution in [2.45, 2.75) is 25.0 Å². The number of aryl methyl sites for hydroxylation is 1. The molecule has 1 aliphatic rings. The van der Waals surface area contributed by atoms with Gasteiger partial charge in [0.25, 0.3) is 11.5 Å². The maximum atomic E-state index is 12.4. The van der Waals surface area contributed by atoms with Gasteiger partial charge >= 0.3 is 0 Å². The summed E-state index contributed by atoms with van der Waals surface area (Å²) < 4.78 is 1.12. The number of pyridine rings is 1. The average molecular weight is 314 g/mol. The van der Waals surface area contributed by atoms with E-state index < -0.39 is 0 Å². The molecule has 2 aromatic heterocycles. The first kappa shape index (κ1) is 15.4. The molecule has 0 radical (unpaired) electrons. The minimum Gasteiger partial charge on any atom is -0.393 e. The summed E-state index contributed by atoms with van der Waals surface area (Å²) in [5.41, 5.74) is 0.653. The third-order valence-electron chi connectivity index (χ3n) is 4.11. The van der Waals surface area contributed by atoms with Gasteiger partial charge in [0.05, 0.1) is 17.8 Å². The first-order valence-electron chi connectivity index (χ1n) is 7.49. The van der Waals surface area contributed by atoms with Crippen LogP contribution in [0.1, 0.15) is 35.1 Å². The van der Waals surface area contributed by atoms with Crippen LogP contribution in [0.15, 0.2) is 41.3 Å². The van der Waals surface area contributed by atoms with E-state index in [0.717, 1.165) is 10.4 Å². The minimum absolute atomic E-state index is 0.136. The van der Waals surface area contributed by atoms with E-state index in [4.69, 9.17) is 0 Å². The van der Waals surface area contributed by atoms with Crippen molar-refractivity contribution >= 4 is 5.91 Å². The standard InChI is InChI=1S/C16H18N4O3/c1-20-14(22)6-5-13(19-20)16(23)18-15(10-8-11(21)9-10)12-4-2-3-7-17-12/h2-7,10-11,15,21H,8-9H2,1H3,(H,18,23). The molecule has 1 atom stereocenters. The van der Waals surface area contributed by atoms with Gasteiger partial charge in [-0.2, -0.15) is 5.10 Å². The van der Waals surface area contributed by atoms with E-state index in [-0.39, 0.29) is 35.2 Å². The van der Waals surface area contributed by atoms with Crippen LogP contribution in [0.5, 0.6) is 0 Å². The number of hydrogen-bond donors (Lipinski definition) is 2. The molecule has 0 bridgehead atoms. The first-order chi connectivity index (χ1) is 11.0. The quantitative estimate of drug-likeness (QED) is 0.852. The number of aliphatic hydroxyl groups is 1. The van der Waals surface area contributed by atoms with Gasteiger partial charge in [-0.05, 0) is 37.0 Å². The smallest absolute Gasteiger partial charge is 0.272 e. The molecule has 1 amide bonds. The second-order valence-electron chi connectivity index (χ2n) is 5.77. The highest BCUT2D eigenvalue weighted by Gasteiger charge is 2.36.